The van der Waals surface area contributed by atoms with Gasteiger partial charge in [0.1, 0.15) is 12.8 Å². The summed E-state index contributed by atoms with van der Waals surface area (Å²) >= 11 is 0. The number of carbonyl (C=O) groups is 1. The first-order valence-corrected chi connectivity index (χ1v) is 13.2. The molecule has 2 fully saturated rings. The molecule has 0 spiro atoms. The molecule has 200 valence electrons. The molecule has 1 aliphatic heterocycles. The maximum absolute atomic E-state index is 13.2. The normalized spacial score (nSPS) is 20.9. The number of nitro groups is 1. The first kappa shape index (κ1) is 26.9. The molecule has 2 aromatic rings. The average Bonchev–Trinajstić information content (AvgIpc) is 2.92. The van der Waals surface area contributed by atoms with E-state index in [9.17, 15) is 19.3 Å². The monoisotopic (exact) mass is 512 g/mol. The summed E-state index contributed by atoms with van der Waals surface area (Å²) in [6.45, 7) is 6.22. The molecule has 1 heterocycles. The molecular weight excluding hydrogens is 475 g/mol. The van der Waals surface area contributed by atoms with Gasteiger partial charge in [-0.05, 0) is 63.3 Å². The van der Waals surface area contributed by atoms with Gasteiger partial charge in [0.25, 0.3) is 11.6 Å². The highest BCUT2D eigenvalue weighted by Gasteiger charge is 2.31. The lowest BCUT2D eigenvalue weighted by molar-refractivity contribution is -0.385. The van der Waals surface area contributed by atoms with Crippen LogP contribution in [0.25, 0.3) is 0 Å². The van der Waals surface area contributed by atoms with E-state index < -0.39 is 17.7 Å². The van der Waals surface area contributed by atoms with Crippen LogP contribution in [0.1, 0.15) is 50.2 Å². The van der Waals surface area contributed by atoms with Crippen LogP contribution in [0.2, 0.25) is 0 Å². The number of amides is 1. The minimum atomic E-state index is -0.875. The molecule has 1 saturated carbocycles. The third-order valence-corrected chi connectivity index (χ3v) is 7.46. The second-order valence-corrected chi connectivity index (χ2v) is 10.0. The summed E-state index contributed by atoms with van der Waals surface area (Å²) in [7, 11) is 0. The fourth-order valence-electron chi connectivity index (χ4n) is 5.25. The molecule has 9 heteroatoms. The number of piperazine rings is 1. The van der Waals surface area contributed by atoms with E-state index in [0.29, 0.717) is 25.2 Å². The van der Waals surface area contributed by atoms with E-state index in [1.807, 2.05) is 11.8 Å². The van der Waals surface area contributed by atoms with E-state index in [2.05, 4.69) is 41.4 Å². The Hall–Kier alpha value is -3.20. The minimum Gasteiger partial charge on any atom is -0.382 e. The lowest BCUT2D eigenvalue weighted by atomic mass is 9.92. The van der Waals surface area contributed by atoms with Gasteiger partial charge in [0.05, 0.1) is 16.6 Å². The molecule has 0 bridgehead atoms. The predicted molar refractivity (Wildman–Crippen MR) is 143 cm³/mol. The van der Waals surface area contributed by atoms with Crippen LogP contribution in [0.5, 0.6) is 0 Å². The van der Waals surface area contributed by atoms with Crippen LogP contribution in [0, 0.1) is 17.0 Å². The highest BCUT2D eigenvalue weighted by Crippen LogP contribution is 2.29. The van der Waals surface area contributed by atoms with Crippen LogP contribution in [-0.2, 0) is 16.2 Å². The van der Waals surface area contributed by atoms with Gasteiger partial charge < -0.3 is 19.9 Å². The molecule has 1 unspecified atom stereocenters. The van der Waals surface area contributed by atoms with Crippen molar-refractivity contribution in [2.24, 2.45) is 0 Å². The molecule has 8 nitrogen and oxygen atoms in total. The summed E-state index contributed by atoms with van der Waals surface area (Å²) < 4.78 is 19.5. The van der Waals surface area contributed by atoms with Crippen molar-refractivity contribution in [3.63, 3.8) is 0 Å². The second-order valence-electron chi connectivity index (χ2n) is 10.0. The van der Waals surface area contributed by atoms with Crippen molar-refractivity contribution in [2.45, 2.75) is 70.9 Å². The van der Waals surface area contributed by atoms with E-state index in [-0.39, 0.29) is 29.3 Å². The number of rotatable bonds is 9. The van der Waals surface area contributed by atoms with Gasteiger partial charge in [-0.15, -0.1) is 0 Å². The van der Waals surface area contributed by atoms with Gasteiger partial charge in [0.2, 0.25) is 0 Å². The van der Waals surface area contributed by atoms with Gasteiger partial charge in [-0.25, -0.2) is 4.39 Å². The molecule has 1 atom stereocenters. The fraction of sp³-hybridized carbons (Fsp3) is 0.536. The average molecular weight is 513 g/mol. The van der Waals surface area contributed by atoms with Crippen LogP contribution in [0.15, 0.2) is 42.5 Å². The molecule has 2 aliphatic rings. The number of nitrogens with zero attached hydrogens (tertiary/aromatic N) is 3. The Morgan fingerprint density at radius 3 is 2.38 bits per heavy atom. The number of benzene rings is 2. The van der Waals surface area contributed by atoms with Crippen LogP contribution < -0.4 is 10.2 Å². The molecule has 2 aromatic carbocycles. The fourth-order valence-corrected chi connectivity index (χ4v) is 5.25. The largest absolute Gasteiger partial charge is 0.382 e. The van der Waals surface area contributed by atoms with E-state index in [1.165, 1.54) is 23.4 Å². The molecule has 0 aromatic heterocycles. The molecule has 4 rings (SSSR count). The first-order valence-electron chi connectivity index (χ1n) is 13.2. The lowest BCUT2D eigenvalue weighted by Gasteiger charge is -2.38. The maximum Gasteiger partial charge on any atom is 0.275 e. The van der Waals surface area contributed by atoms with Crippen LogP contribution >= 0.6 is 0 Å². The highest BCUT2D eigenvalue weighted by atomic mass is 19.1. The number of hydrogen-bond donors (Lipinski definition) is 1. The van der Waals surface area contributed by atoms with E-state index in [4.69, 9.17) is 4.74 Å². The van der Waals surface area contributed by atoms with Gasteiger partial charge in [0, 0.05) is 49.7 Å². The molecule has 1 saturated heterocycles. The summed E-state index contributed by atoms with van der Waals surface area (Å²) in [5.41, 5.74) is 3.01. The molecular formula is C28H37FN4O4. The van der Waals surface area contributed by atoms with Crippen molar-refractivity contribution in [3.8, 4) is 0 Å². The van der Waals surface area contributed by atoms with Gasteiger partial charge >= 0.3 is 0 Å². The predicted octanol–water partition coefficient (Wildman–Crippen LogP) is 5.24. The quantitative estimate of drug-likeness (QED) is 0.365. The summed E-state index contributed by atoms with van der Waals surface area (Å²) in [5, 5.41) is 14.4. The molecule has 1 N–H and O–H groups in total. The van der Waals surface area contributed by atoms with Gasteiger partial charge in [-0.2, -0.15) is 0 Å². The number of halogens is 1. The summed E-state index contributed by atoms with van der Waals surface area (Å²) in [6.07, 6.45) is 3.60. The summed E-state index contributed by atoms with van der Waals surface area (Å²) in [4.78, 5) is 28.0. The number of nitrogens with one attached hydrogen (secondary N) is 1. The Balaban J connectivity index is 1.24. The molecule has 1 aliphatic carbocycles. The zero-order valence-electron chi connectivity index (χ0n) is 21.7. The number of ether oxygens (including phenoxy) is 1. The Kier molecular flexibility index (Phi) is 8.97. The van der Waals surface area contributed by atoms with Crippen molar-refractivity contribution in [1.29, 1.82) is 0 Å². The molecule has 1 amide bonds. The van der Waals surface area contributed by atoms with Crippen molar-refractivity contribution in [2.75, 3.05) is 36.4 Å². The smallest absolute Gasteiger partial charge is 0.275 e. The molecule has 0 radical (unpaired) electrons. The van der Waals surface area contributed by atoms with Crippen molar-refractivity contribution in [1.82, 2.24) is 4.90 Å². The number of alkyl halides is 1. The summed E-state index contributed by atoms with van der Waals surface area (Å²) in [6, 6.07) is 13.2. The Bertz CT molecular complexity index is 1060. The Morgan fingerprint density at radius 1 is 1.11 bits per heavy atom. The zero-order valence-corrected chi connectivity index (χ0v) is 21.7. The van der Waals surface area contributed by atoms with Crippen LogP contribution in [-0.4, -0.2) is 60.2 Å². The Morgan fingerprint density at radius 2 is 1.78 bits per heavy atom. The highest BCUT2D eigenvalue weighted by molar-refractivity contribution is 5.81. The summed E-state index contributed by atoms with van der Waals surface area (Å²) in [5.74, 6) is 0.0796. The SMILES string of the molecule is CCC(OC1CCC(Nc2ccc([N+](=O)[O-])c(CF)c2)CC1)C(=O)N1CCN(c2ccc(C)cc2)CC1. The first-order chi connectivity index (χ1) is 17.9. The number of anilines is 2. The van der Waals surface area contributed by atoms with Crippen LogP contribution in [0.4, 0.5) is 21.5 Å². The lowest BCUT2D eigenvalue weighted by Crippen LogP contribution is -2.52. The van der Waals surface area contributed by atoms with Crippen LogP contribution in [0.3, 0.4) is 0 Å². The number of aryl methyl sites for hydroxylation is 1. The van der Waals surface area contributed by atoms with Gasteiger partial charge in [-0.1, -0.05) is 24.6 Å². The van der Waals surface area contributed by atoms with Gasteiger partial charge in [0.15, 0.2) is 0 Å². The number of nitro benzene ring substituents is 1. The van der Waals surface area contributed by atoms with E-state index >= 15 is 0 Å². The Labute approximate surface area is 217 Å². The topological polar surface area (TPSA) is 87.9 Å². The maximum atomic E-state index is 13.2. The van der Waals surface area contributed by atoms with E-state index in [0.717, 1.165) is 38.8 Å². The third kappa shape index (κ3) is 6.77. The minimum absolute atomic E-state index is 0.0269. The standard InChI is InChI=1S/C28H37FN4O4/c1-3-27(28(34)32-16-14-31(15-17-32)24-9-4-20(2)5-10-24)37-25-11-6-22(7-12-25)30-23-8-13-26(33(35)36)21(18-23)19-29/h4-5,8-10,13,18,22,25,27,30H,3,6-7,11-12,14-17,19H2,1-2H3. The number of carbonyl (C=O) groups excluding carboxylic acids is 1. The molecule has 37 heavy (non-hydrogen) atoms. The number of hydrogen-bond acceptors (Lipinski definition) is 6. The second kappa shape index (κ2) is 12.4. The van der Waals surface area contributed by atoms with Crippen molar-refractivity contribution < 1.29 is 18.8 Å². The third-order valence-electron chi connectivity index (χ3n) is 7.46. The van der Waals surface area contributed by atoms with Crippen molar-refractivity contribution >= 4 is 23.0 Å². The van der Waals surface area contributed by atoms with Crippen molar-refractivity contribution in [3.05, 3.63) is 63.7 Å². The van der Waals surface area contributed by atoms with Gasteiger partial charge in [-0.3, -0.25) is 14.9 Å². The van der Waals surface area contributed by atoms with E-state index in [1.54, 1.807) is 6.07 Å². The zero-order chi connectivity index (χ0) is 26.4.